The maximum atomic E-state index is 11.8. The standard InChI is InChI=1S/C28H52O18/c1-11(7-29)14(32)17(35)20(38)23(41-6)44-21-18(36)15(33)12(8-30)42-24(21)45-22-19(37)16(34)13(9-31)43-25(22)46-28(4,5)10-27(2,3)26(39)40/h11-25,29-38H,7-10H2,1-6H3,(H,39,40). The second kappa shape index (κ2) is 17.0. The van der Waals surface area contributed by atoms with Crippen molar-refractivity contribution >= 4 is 5.97 Å². The molecule has 2 aliphatic heterocycles. The maximum Gasteiger partial charge on any atom is 0.309 e. The van der Waals surface area contributed by atoms with Gasteiger partial charge in [0.05, 0.1) is 30.3 Å². The minimum absolute atomic E-state index is 0.0794. The van der Waals surface area contributed by atoms with Gasteiger partial charge in [-0.3, -0.25) is 4.79 Å². The molecule has 0 amide bonds. The third kappa shape index (κ3) is 9.71. The zero-order valence-electron chi connectivity index (χ0n) is 26.8. The lowest BCUT2D eigenvalue weighted by molar-refractivity contribution is -0.391. The Morgan fingerprint density at radius 1 is 0.783 bits per heavy atom. The highest BCUT2D eigenvalue weighted by molar-refractivity contribution is 5.73. The number of hydrogen-bond donors (Lipinski definition) is 11. The molecule has 15 atom stereocenters. The fraction of sp³-hybridized carbons (Fsp3) is 0.964. The van der Waals surface area contributed by atoms with Crippen LogP contribution >= 0.6 is 0 Å². The van der Waals surface area contributed by atoms with Gasteiger partial charge in [-0.2, -0.15) is 0 Å². The first-order chi connectivity index (χ1) is 21.3. The van der Waals surface area contributed by atoms with Crippen LogP contribution in [0.3, 0.4) is 0 Å². The molecule has 2 fully saturated rings. The highest BCUT2D eigenvalue weighted by Crippen LogP contribution is 2.36. The van der Waals surface area contributed by atoms with E-state index in [1.807, 2.05) is 0 Å². The van der Waals surface area contributed by atoms with Crippen molar-refractivity contribution in [3.8, 4) is 0 Å². The third-order valence-electron chi connectivity index (χ3n) is 8.20. The number of carboxylic acid groups (broad SMARTS) is 1. The number of aliphatic carboxylic acids is 1. The monoisotopic (exact) mass is 676 g/mol. The van der Waals surface area contributed by atoms with Gasteiger partial charge in [0, 0.05) is 19.6 Å². The number of carboxylic acids is 1. The first kappa shape index (κ1) is 41.0. The Morgan fingerprint density at radius 3 is 1.74 bits per heavy atom. The van der Waals surface area contributed by atoms with E-state index in [0.29, 0.717) is 0 Å². The number of methoxy groups -OCH3 is 1. The summed E-state index contributed by atoms with van der Waals surface area (Å²) in [4.78, 5) is 11.8. The van der Waals surface area contributed by atoms with E-state index in [2.05, 4.69) is 0 Å². The largest absolute Gasteiger partial charge is 0.481 e. The number of aliphatic hydroxyl groups excluding tert-OH is 10. The normalized spacial score (nSPS) is 36.1. The third-order valence-corrected chi connectivity index (χ3v) is 8.20. The van der Waals surface area contributed by atoms with Gasteiger partial charge in [0.1, 0.15) is 61.0 Å². The quantitative estimate of drug-likeness (QED) is 0.0648. The van der Waals surface area contributed by atoms with Crippen molar-refractivity contribution < 1.29 is 89.4 Å². The van der Waals surface area contributed by atoms with Crippen LogP contribution in [0.4, 0.5) is 0 Å². The molecule has 11 N–H and O–H groups in total. The molecule has 0 aliphatic carbocycles. The molecule has 0 aromatic rings. The van der Waals surface area contributed by atoms with Crippen LogP contribution in [-0.2, 0) is 33.2 Å². The van der Waals surface area contributed by atoms with E-state index in [1.54, 1.807) is 0 Å². The highest BCUT2D eigenvalue weighted by atomic mass is 16.8. The van der Waals surface area contributed by atoms with E-state index >= 15 is 0 Å². The second-order valence-corrected chi connectivity index (χ2v) is 13.1. The molecule has 272 valence electrons. The van der Waals surface area contributed by atoms with Crippen molar-refractivity contribution in [1.82, 2.24) is 0 Å². The van der Waals surface area contributed by atoms with Crippen molar-refractivity contribution in [2.45, 2.75) is 133 Å². The minimum Gasteiger partial charge on any atom is -0.481 e. The van der Waals surface area contributed by atoms with Crippen molar-refractivity contribution in [3.63, 3.8) is 0 Å². The van der Waals surface area contributed by atoms with E-state index in [9.17, 15) is 61.0 Å². The van der Waals surface area contributed by atoms with Crippen LogP contribution in [0.5, 0.6) is 0 Å². The molecule has 0 aromatic carbocycles. The summed E-state index contributed by atoms with van der Waals surface area (Å²) in [5.41, 5.74) is -2.57. The number of rotatable bonds is 17. The van der Waals surface area contributed by atoms with Gasteiger partial charge in [-0.05, 0) is 34.1 Å². The summed E-state index contributed by atoms with van der Waals surface area (Å²) in [6.45, 7) is 5.27. The SMILES string of the molecule is COC(OC1C(OC2C(OC(C)(C)CC(C)(C)C(=O)O)OC(CO)C(O)C2O)OC(CO)C(O)C1O)C(O)C(O)C(O)C(C)CO. The summed E-state index contributed by atoms with van der Waals surface area (Å²) in [7, 11) is 1.05. The zero-order valence-corrected chi connectivity index (χ0v) is 26.8. The van der Waals surface area contributed by atoms with E-state index in [-0.39, 0.29) is 6.42 Å². The van der Waals surface area contributed by atoms with Crippen LogP contribution in [0.15, 0.2) is 0 Å². The summed E-state index contributed by atoms with van der Waals surface area (Å²) < 4.78 is 34.1. The predicted molar refractivity (Wildman–Crippen MR) is 152 cm³/mol. The van der Waals surface area contributed by atoms with Crippen molar-refractivity contribution in [1.29, 1.82) is 0 Å². The minimum atomic E-state index is -2.00. The Kier molecular flexibility index (Phi) is 15.1. The van der Waals surface area contributed by atoms with Gasteiger partial charge >= 0.3 is 5.97 Å². The van der Waals surface area contributed by atoms with Gasteiger partial charge in [-0.1, -0.05) is 6.92 Å². The molecule has 0 aromatic heterocycles. The lowest BCUT2D eigenvalue weighted by Gasteiger charge is -2.48. The number of carbonyl (C=O) groups is 1. The Bertz CT molecular complexity index is 936. The van der Waals surface area contributed by atoms with E-state index in [4.69, 9.17) is 28.4 Å². The van der Waals surface area contributed by atoms with Crippen LogP contribution in [0.1, 0.15) is 41.0 Å². The maximum absolute atomic E-state index is 11.8. The molecular formula is C28H52O18. The summed E-state index contributed by atoms with van der Waals surface area (Å²) in [5, 5.41) is 113. The molecule has 2 aliphatic rings. The van der Waals surface area contributed by atoms with Gasteiger partial charge in [-0.15, -0.1) is 0 Å². The molecule has 2 heterocycles. The molecule has 18 nitrogen and oxygen atoms in total. The fourth-order valence-corrected chi connectivity index (χ4v) is 5.50. The van der Waals surface area contributed by atoms with Gasteiger partial charge < -0.3 is 84.6 Å². The molecule has 15 unspecified atom stereocenters. The first-order valence-electron chi connectivity index (χ1n) is 14.9. The predicted octanol–water partition coefficient (Wildman–Crippen LogP) is -4.39. The van der Waals surface area contributed by atoms with Gasteiger partial charge in [-0.25, -0.2) is 0 Å². The lowest BCUT2D eigenvalue weighted by Crippen LogP contribution is -2.66. The number of ether oxygens (including phenoxy) is 6. The molecule has 18 heteroatoms. The van der Waals surface area contributed by atoms with Crippen LogP contribution in [0.2, 0.25) is 0 Å². The molecular weight excluding hydrogens is 624 g/mol. The topological polar surface area (TPSA) is 295 Å². The number of aliphatic hydroxyl groups is 10. The summed E-state index contributed by atoms with van der Waals surface area (Å²) >= 11 is 0. The first-order valence-corrected chi connectivity index (χ1v) is 14.9. The number of hydrogen-bond acceptors (Lipinski definition) is 17. The van der Waals surface area contributed by atoms with E-state index in [1.165, 1.54) is 34.6 Å². The Balaban J connectivity index is 2.44. The molecule has 2 rings (SSSR count). The summed E-state index contributed by atoms with van der Waals surface area (Å²) in [5.74, 6) is -2.00. The molecule has 46 heavy (non-hydrogen) atoms. The molecule has 0 spiro atoms. The Morgan fingerprint density at radius 2 is 1.28 bits per heavy atom. The molecule has 0 bridgehead atoms. The smallest absolute Gasteiger partial charge is 0.309 e. The summed E-state index contributed by atoms with van der Waals surface area (Å²) in [6.07, 6.45) is -24.6. The zero-order chi connectivity index (χ0) is 35.3. The Labute approximate surface area is 266 Å². The van der Waals surface area contributed by atoms with Crippen LogP contribution < -0.4 is 0 Å². The van der Waals surface area contributed by atoms with Crippen LogP contribution in [0, 0.1) is 11.3 Å². The second-order valence-electron chi connectivity index (χ2n) is 13.1. The molecule has 0 radical (unpaired) electrons. The molecule has 2 saturated heterocycles. The molecule has 0 saturated carbocycles. The highest BCUT2D eigenvalue weighted by Gasteiger charge is 2.54. The van der Waals surface area contributed by atoms with Crippen LogP contribution in [-0.4, -0.2) is 181 Å². The summed E-state index contributed by atoms with van der Waals surface area (Å²) in [6, 6.07) is 0. The van der Waals surface area contributed by atoms with E-state index < -0.39 is 129 Å². The Hall–Kier alpha value is -1.17. The lowest BCUT2D eigenvalue weighted by atomic mass is 9.81. The van der Waals surface area contributed by atoms with Gasteiger partial charge in [0.25, 0.3) is 0 Å². The van der Waals surface area contributed by atoms with Gasteiger partial charge in [0.2, 0.25) is 0 Å². The van der Waals surface area contributed by atoms with Crippen molar-refractivity contribution in [2.24, 2.45) is 11.3 Å². The van der Waals surface area contributed by atoms with Gasteiger partial charge in [0.15, 0.2) is 18.9 Å². The van der Waals surface area contributed by atoms with E-state index in [0.717, 1.165) is 7.11 Å². The average molecular weight is 677 g/mol. The van der Waals surface area contributed by atoms with Crippen LogP contribution in [0.25, 0.3) is 0 Å². The average Bonchev–Trinajstić information content (AvgIpc) is 2.99. The van der Waals surface area contributed by atoms with Crippen molar-refractivity contribution in [3.05, 3.63) is 0 Å². The fourth-order valence-electron chi connectivity index (χ4n) is 5.50. The van der Waals surface area contributed by atoms with Crippen molar-refractivity contribution in [2.75, 3.05) is 26.9 Å².